The van der Waals surface area contributed by atoms with E-state index in [1.54, 1.807) is 11.8 Å². The molecule has 1 aliphatic heterocycles. The summed E-state index contributed by atoms with van der Waals surface area (Å²) in [5.41, 5.74) is 3.68. The summed E-state index contributed by atoms with van der Waals surface area (Å²) >= 11 is 7.60. The number of likely N-dealkylation sites (tertiary alicyclic amines) is 1. The summed E-state index contributed by atoms with van der Waals surface area (Å²) < 4.78 is 0. The average molecular weight is 389 g/mol. The summed E-state index contributed by atoms with van der Waals surface area (Å²) in [5, 5.41) is 3.80. The molecule has 1 N–H and O–H groups in total. The third-order valence-corrected chi connectivity index (χ3v) is 5.82. The van der Waals surface area contributed by atoms with E-state index in [0.29, 0.717) is 12.3 Å². The van der Waals surface area contributed by atoms with E-state index < -0.39 is 0 Å². The van der Waals surface area contributed by atoms with Crippen LogP contribution in [0.1, 0.15) is 29.5 Å². The van der Waals surface area contributed by atoms with Crippen molar-refractivity contribution in [1.29, 1.82) is 0 Å². The van der Waals surface area contributed by atoms with E-state index in [1.807, 2.05) is 30.3 Å². The minimum Gasteiger partial charge on any atom is -0.351 e. The maximum atomic E-state index is 12.2. The second kappa shape index (κ2) is 10.0. The van der Waals surface area contributed by atoms with Crippen molar-refractivity contribution in [2.45, 2.75) is 31.7 Å². The van der Waals surface area contributed by atoms with Crippen molar-refractivity contribution in [3.63, 3.8) is 0 Å². The molecule has 0 saturated carbocycles. The molecule has 0 bridgehead atoms. The molecule has 2 aromatic rings. The highest BCUT2D eigenvalue weighted by Crippen LogP contribution is 2.17. The predicted octanol–water partition coefficient (Wildman–Crippen LogP) is 4.49. The van der Waals surface area contributed by atoms with Gasteiger partial charge in [0.25, 0.3) is 0 Å². The van der Waals surface area contributed by atoms with Crippen LogP contribution >= 0.6 is 23.4 Å². The molecular formula is C21H25ClN2OS. The fraction of sp³-hybridized carbons (Fsp3) is 0.381. The molecule has 1 aliphatic rings. The van der Waals surface area contributed by atoms with Crippen LogP contribution in [0.3, 0.4) is 0 Å². The summed E-state index contributed by atoms with van der Waals surface area (Å²) in [6, 6.07) is 16.2. The lowest BCUT2D eigenvalue weighted by molar-refractivity contribution is -0.118. The van der Waals surface area contributed by atoms with Gasteiger partial charge in [-0.3, -0.25) is 9.69 Å². The van der Waals surface area contributed by atoms with Crippen molar-refractivity contribution in [1.82, 2.24) is 10.2 Å². The van der Waals surface area contributed by atoms with Crippen LogP contribution in [0.15, 0.2) is 48.5 Å². The van der Waals surface area contributed by atoms with E-state index in [-0.39, 0.29) is 5.91 Å². The average Bonchev–Trinajstić information content (AvgIpc) is 3.14. The maximum absolute atomic E-state index is 12.2. The molecule has 0 aliphatic carbocycles. The van der Waals surface area contributed by atoms with Gasteiger partial charge in [0.15, 0.2) is 0 Å². The van der Waals surface area contributed by atoms with E-state index in [9.17, 15) is 4.79 Å². The van der Waals surface area contributed by atoms with E-state index in [1.165, 1.54) is 37.1 Å². The molecule has 26 heavy (non-hydrogen) atoms. The summed E-state index contributed by atoms with van der Waals surface area (Å²) in [6.07, 6.45) is 2.59. The van der Waals surface area contributed by atoms with E-state index in [2.05, 4.69) is 28.4 Å². The van der Waals surface area contributed by atoms with Gasteiger partial charge in [-0.15, -0.1) is 11.8 Å². The standard InChI is InChI=1S/C21H25ClN2OS/c22-20-9-5-6-17(12-20)15-26-16-21(25)23-13-18-7-1-2-8-19(18)14-24-10-3-4-11-24/h1-2,5-9,12H,3-4,10-11,13-16H2,(H,23,25). The number of nitrogens with zero attached hydrogens (tertiary/aromatic N) is 1. The van der Waals surface area contributed by atoms with Crippen LogP contribution in [-0.4, -0.2) is 29.6 Å². The number of carbonyl (C=O) groups excluding carboxylic acids is 1. The van der Waals surface area contributed by atoms with Gasteiger partial charge in [0.2, 0.25) is 5.91 Å². The second-order valence-corrected chi connectivity index (χ2v) is 8.07. The van der Waals surface area contributed by atoms with Crippen LogP contribution in [-0.2, 0) is 23.6 Å². The summed E-state index contributed by atoms with van der Waals surface area (Å²) in [7, 11) is 0. The molecular weight excluding hydrogens is 364 g/mol. The number of carbonyl (C=O) groups is 1. The van der Waals surface area contributed by atoms with Crippen LogP contribution in [0.25, 0.3) is 0 Å². The first-order valence-electron chi connectivity index (χ1n) is 9.09. The molecule has 1 heterocycles. The Kier molecular flexibility index (Phi) is 7.42. The third-order valence-electron chi connectivity index (χ3n) is 4.58. The Morgan fingerprint density at radius 1 is 1.08 bits per heavy atom. The smallest absolute Gasteiger partial charge is 0.230 e. The molecule has 1 amide bonds. The number of thioether (sulfide) groups is 1. The Bertz CT molecular complexity index is 731. The van der Waals surface area contributed by atoms with E-state index in [4.69, 9.17) is 11.6 Å². The molecule has 5 heteroatoms. The number of hydrogen-bond donors (Lipinski definition) is 1. The third kappa shape index (κ3) is 6.04. The molecule has 1 saturated heterocycles. The molecule has 0 spiro atoms. The van der Waals surface area contributed by atoms with Gasteiger partial charge in [-0.25, -0.2) is 0 Å². The van der Waals surface area contributed by atoms with Gasteiger partial charge in [-0.05, 0) is 54.8 Å². The predicted molar refractivity (Wildman–Crippen MR) is 110 cm³/mol. The zero-order valence-electron chi connectivity index (χ0n) is 14.9. The van der Waals surface area contributed by atoms with Crippen molar-refractivity contribution >= 4 is 29.3 Å². The highest BCUT2D eigenvalue weighted by atomic mass is 35.5. The largest absolute Gasteiger partial charge is 0.351 e. The van der Waals surface area contributed by atoms with Gasteiger partial charge in [-0.1, -0.05) is 48.0 Å². The first kappa shape index (κ1) is 19.3. The fourth-order valence-corrected chi connectivity index (χ4v) is 4.22. The lowest BCUT2D eigenvalue weighted by atomic mass is 10.1. The van der Waals surface area contributed by atoms with E-state index >= 15 is 0 Å². The quantitative estimate of drug-likeness (QED) is 0.723. The molecule has 0 aromatic heterocycles. The maximum Gasteiger partial charge on any atom is 0.230 e. The van der Waals surface area contributed by atoms with Gasteiger partial charge in [0, 0.05) is 23.9 Å². The van der Waals surface area contributed by atoms with Crippen LogP contribution < -0.4 is 5.32 Å². The number of halogens is 1. The fourth-order valence-electron chi connectivity index (χ4n) is 3.20. The first-order valence-corrected chi connectivity index (χ1v) is 10.6. The summed E-state index contributed by atoms with van der Waals surface area (Å²) in [6.45, 7) is 3.94. The van der Waals surface area contributed by atoms with Crippen LogP contribution in [0.2, 0.25) is 5.02 Å². The van der Waals surface area contributed by atoms with Crippen LogP contribution in [0.5, 0.6) is 0 Å². The Morgan fingerprint density at radius 3 is 2.62 bits per heavy atom. The van der Waals surface area contributed by atoms with Crippen LogP contribution in [0.4, 0.5) is 0 Å². The highest BCUT2D eigenvalue weighted by molar-refractivity contribution is 7.99. The monoisotopic (exact) mass is 388 g/mol. The van der Waals surface area contributed by atoms with E-state index in [0.717, 1.165) is 22.9 Å². The Labute approximate surface area is 165 Å². The van der Waals surface area contributed by atoms with Gasteiger partial charge in [-0.2, -0.15) is 0 Å². The minimum absolute atomic E-state index is 0.0769. The number of rotatable bonds is 8. The lowest BCUT2D eigenvalue weighted by Crippen LogP contribution is -2.26. The number of nitrogens with one attached hydrogen (secondary N) is 1. The van der Waals surface area contributed by atoms with Gasteiger partial charge < -0.3 is 5.32 Å². The molecule has 0 atom stereocenters. The molecule has 1 fully saturated rings. The van der Waals surface area contributed by atoms with Crippen molar-refractivity contribution in [2.24, 2.45) is 0 Å². The topological polar surface area (TPSA) is 32.3 Å². The molecule has 2 aromatic carbocycles. The highest BCUT2D eigenvalue weighted by Gasteiger charge is 2.13. The number of amides is 1. The zero-order chi connectivity index (χ0) is 18.2. The zero-order valence-corrected chi connectivity index (χ0v) is 16.5. The normalized spacial score (nSPS) is 14.5. The minimum atomic E-state index is 0.0769. The van der Waals surface area contributed by atoms with Gasteiger partial charge in [0.05, 0.1) is 5.75 Å². The number of hydrogen-bond acceptors (Lipinski definition) is 3. The molecule has 0 radical (unpaired) electrons. The number of benzene rings is 2. The Morgan fingerprint density at radius 2 is 1.85 bits per heavy atom. The van der Waals surface area contributed by atoms with Crippen molar-refractivity contribution < 1.29 is 4.79 Å². The molecule has 3 rings (SSSR count). The SMILES string of the molecule is O=C(CSCc1cccc(Cl)c1)NCc1ccccc1CN1CCCC1. The summed E-state index contributed by atoms with van der Waals surface area (Å²) in [4.78, 5) is 14.6. The lowest BCUT2D eigenvalue weighted by Gasteiger charge is -2.17. The Hall–Kier alpha value is -1.49. The van der Waals surface area contributed by atoms with Crippen molar-refractivity contribution in [2.75, 3.05) is 18.8 Å². The molecule has 3 nitrogen and oxygen atoms in total. The van der Waals surface area contributed by atoms with Crippen LogP contribution in [0, 0.1) is 0 Å². The Balaban J connectivity index is 1.44. The second-order valence-electron chi connectivity index (χ2n) is 6.65. The molecule has 0 unspecified atom stereocenters. The van der Waals surface area contributed by atoms with Crippen molar-refractivity contribution in [3.05, 3.63) is 70.2 Å². The van der Waals surface area contributed by atoms with Gasteiger partial charge in [0.1, 0.15) is 0 Å². The summed E-state index contributed by atoms with van der Waals surface area (Å²) in [5.74, 6) is 1.33. The van der Waals surface area contributed by atoms with Crippen molar-refractivity contribution in [3.8, 4) is 0 Å². The first-order chi connectivity index (χ1) is 12.7. The van der Waals surface area contributed by atoms with Gasteiger partial charge >= 0.3 is 0 Å². The molecule has 138 valence electrons.